The number of hydrogen-bond acceptors (Lipinski definition) is 0. The molecule has 0 aliphatic carbocycles. The second kappa shape index (κ2) is 5.51. The summed E-state index contributed by atoms with van der Waals surface area (Å²) in [4.78, 5) is 7.01. The van der Waals surface area contributed by atoms with Crippen molar-refractivity contribution in [1.29, 1.82) is 0 Å². The Morgan fingerprint density at radius 3 is 2.15 bits per heavy atom. The van der Waals surface area contributed by atoms with Crippen LogP contribution in [0.2, 0.25) is 0 Å². The van der Waals surface area contributed by atoms with Crippen molar-refractivity contribution < 1.29 is 0 Å². The summed E-state index contributed by atoms with van der Waals surface area (Å²) in [5, 5.41) is 2.58. The van der Waals surface area contributed by atoms with Crippen LogP contribution in [0, 0.1) is 0 Å². The van der Waals surface area contributed by atoms with E-state index in [9.17, 15) is 0 Å². The monoisotopic (exact) mass is 344 g/mol. The van der Waals surface area contributed by atoms with Crippen molar-refractivity contribution in [2.45, 2.75) is 52.4 Å². The van der Waals surface area contributed by atoms with Gasteiger partial charge in [-0.2, -0.15) is 0 Å². The van der Waals surface area contributed by atoms with Crippen LogP contribution >= 0.6 is 0 Å². The molecule has 0 amide bonds. The molecule has 2 N–H and O–H groups in total. The second-order valence-electron chi connectivity index (χ2n) is 9.45. The number of nitrogens with one attached hydrogen (secondary N) is 2. The molecule has 4 aromatic rings. The van der Waals surface area contributed by atoms with E-state index < -0.39 is 0 Å². The van der Waals surface area contributed by atoms with Crippen molar-refractivity contribution >= 4 is 21.8 Å². The van der Waals surface area contributed by atoms with Gasteiger partial charge < -0.3 is 9.97 Å². The molecular formula is C24H28N2. The fraction of sp³-hybridized carbons (Fsp3) is 0.333. The van der Waals surface area contributed by atoms with E-state index in [1.54, 1.807) is 0 Å². The molecule has 26 heavy (non-hydrogen) atoms. The minimum absolute atomic E-state index is 0.124. The van der Waals surface area contributed by atoms with Crippen molar-refractivity contribution in [2.75, 3.05) is 0 Å². The van der Waals surface area contributed by atoms with Gasteiger partial charge in [-0.05, 0) is 57.9 Å². The first-order valence-corrected chi connectivity index (χ1v) is 9.38. The summed E-state index contributed by atoms with van der Waals surface area (Å²) in [5.41, 5.74) is 7.82. The number of fused-ring (bicyclic) bond motifs is 2. The molecule has 2 aromatic heterocycles. The van der Waals surface area contributed by atoms with Gasteiger partial charge in [0.2, 0.25) is 0 Å². The molecule has 0 aliphatic heterocycles. The highest BCUT2D eigenvalue weighted by Gasteiger charge is 2.19. The van der Waals surface area contributed by atoms with Gasteiger partial charge in [0.05, 0.1) is 0 Å². The standard InChI is InChI=1S/C24H28N2/c1-23(2,3)17-8-10-20-16(11-17)13-22(26-20)15-7-9-21-18(12-15)19(14-25-21)24(4,5)6/h7-14,25-26H,1-6H3. The number of hydrogen-bond donors (Lipinski definition) is 2. The Morgan fingerprint density at radius 1 is 0.731 bits per heavy atom. The average molecular weight is 345 g/mol. The molecule has 2 heterocycles. The molecule has 0 spiro atoms. The fourth-order valence-corrected chi connectivity index (χ4v) is 3.66. The summed E-state index contributed by atoms with van der Waals surface area (Å²) in [6, 6.07) is 15.7. The van der Waals surface area contributed by atoms with Crippen molar-refractivity contribution in [3.63, 3.8) is 0 Å². The van der Waals surface area contributed by atoms with Gasteiger partial charge in [-0.3, -0.25) is 0 Å². The number of benzene rings is 2. The summed E-state index contributed by atoms with van der Waals surface area (Å²) >= 11 is 0. The van der Waals surface area contributed by atoms with E-state index in [0.29, 0.717) is 0 Å². The lowest BCUT2D eigenvalue weighted by atomic mass is 9.86. The minimum atomic E-state index is 0.124. The molecule has 0 aliphatic rings. The van der Waals surface area contributed by atoms with Crippen molar-refractivity contribution in [1.82, 2.24) is 9.97 Å². The highest BCUT2D eigenvalue weighted by molar-refractivity contribution is 5.91. The largest absolute Gasteiger partial charge is 0.361 e. The van der Waals surface area contributed by atoms with Crippen LogP contribution in [0.15, 0.2) is 48.7 Å². The Kier molecular flexibility index (Phi) is 3.59. The quantitative estimate of drug-likeness (QED) is 0.376. The van der Waals surface area contributed by atoms with Crippen molar-refractivity contribution in [3.8, 4) is 11.3 Å². The van der Waals surface area contributed by atoms with Crippen LogP contribution in [0.25, 0.3) is 33.1 Å². The molecule has 2 heteroatoms. The number of aromatic nitrogens is 2. The molecule has 4 rings (SSSR count). The van der Waals surface area contributed by atoms with Crippen LogP contribution in [0.3, 0.4) is 0 Å². The van der Waals surface area contributed by atoms with Gasteiger partial charge in [-0.25, -0.2) is 0 Å². The van der Waals surface area contributed by atoms with Gasteiger partial charge in [0.15, 0.2) is 0 Å². The third-order valence-electron chi connectivity index (χ3n) is 5.29. The lowest BCUT2D eigenvalue weighted by molar-refractivity contribution is 0.591. The Balaban J connectivity index is 1.84. The van der Waals surface area contributed by atoms with Crippen molar-refractivity contribution in [3.05, 3.63) is 59.8 Å². The summed E-state index contributed by atoms with van der Waals surface area (Å²) in [7, 11) is 0. The maximum Gasteiger partial charge on any atom is 0.0465 e. The molecule has 0 fully saturated rings. The Bertz CT molecular complexity index is 1090. The maximum absolute atomic E-state index is 3.60. The van der Waals surface area contributed by atoms with E-state index in [1.807, 2.05) is 0 Å². The predicted octanol–water partition coefficient (Wildman–Crippen LogP) is 6.91. The summed E-state index contributed by atoms with van der Waals surface area (Å²) in [6.07, 6.45) is 2.15. The minimum Gasteiger partial charge on any atom is -0.361 e. The van der Waals surface area contributed by atoms with Gasteiger partial charge in [0, 0.05) is 33.7 Å². The molecule has 2 nitrogen and oxygen atoms in total. The molecule has 0 bridgehead atoms. The topological polar surface area (TPSA) is 31.6 Å². The average Bonchev–Trinajstić information content (AvgIpc) is 3.16. The fourth-order valence-electron chi connectivity index (χ4n) is 3.66. The lowest BCUT2D eigenvalue weighted by Crippen LogP contribution is -2.10. The second-order valence-corrected chi connectivity index (χ2v) is 9.45. The molecule has 0 radical (unpaired) electrons. The van der Waals surface area contributed by atoms with Gasteiger partial charge in [0.25, 0.3) is 0 Å². The van der Waals surface area contributed by atoms with Gasteiger partial charge in [0.1, 0.15) is 0 Å². The first-order chi connectivity index (χ1) is 12.1. The zero-order valence-corrected chi connectivity index (χ0v) is 16.6. The zero-order valence-electron chi connectivity index (χ0n) is 16.6. The normalized spacial score (nSPS) is 13.0. The van der Waals surface area contributed by atoms with Crippen LogP contribution in [0.1, 0.15) is 52.7 Å². The smallest absolute Gasteiger partial charge is 0.0465 e. The molecule has 0 atom stereocenters. The first kappa shape index (κ1) is 17.0. The van der Waals surface area contributed by atoms with E-state index in [2.05, 4.69) is 100 Å². The van der Waals surface area contributed by atoms with Crippen LogP contribution < -0.4 is 0 Å². The molecule has 0 saturated heterocycles. The first-order valence-electron chi connectivity index (χ1n) is 9.38. The summed E-state index contributed by atoms with van der Waals surface area (Å²) < 4.78 is 0. The Morgan fingerprint density at radius 2 is 1.46 bits per heavy atom. The SMILES string of the molecule is CC(C)(C)c1ccc2[nH]c(-c3ccc4[nH]cc(C(C)(C)C)c4c3)cc2c1. The predicted molar refractivity (Wildman–Crippen MR) is 113 cm³/mol. The maximum atomic E-state index is 3.60. The number of H-pyrrole nitrogens is 2. The van der Waals surface area contributed by atoms with Gasteiger partial charge in [-0.1, -0.05) is 53.7 Å². The van der Waals surface area contributed by atoms with Crippen LogP contribution in [0.4, 0.5) is 0 Å². The van der Waals surface area contributed by atoms with E-state index >= 15 is 0 Å². The van der Waals surface area contributed by atoms with Crippen molar-refractivity contribution in [2.24, 2.45) is 0 Å². The molecule has 2 aromatic carbocycles. The number of rotatable bonds is 1. The lowest BCUT2D eigenvalue weighted by Gasteiger charge is -2.18. The van der Waals surface area contributed by atoms with E-state index in [4.69, 9.17) is 0 Å². The van der Waals surface area contributed by atoms with Gasteiger partial charge in [-0.15, -0.1) is 0 Å². The molecular weight excluding hydrogens is 316 g/mol. The third kappa shape index (κ3) is 2.84. The molecule has 0 unspecified atom stereocenters. The van der Waals surface area contributed by atoms with E-state index in [0.717, 1.165) is 0 Å². The highest BCUT2D eigenvalue weighted by atomic mass is 14.7. The molecule has 134 valence electrons. The van der Waals surface area contributed by atoms with E-state index in [-0.39, 0.29) is 10.8 Å². The van der Waals surface area contributed by atoms with E-state index in [1.165, 1.54) is 44.2 Å². The summed E-state index contributed by atoms with van der Waals surface area (Å²) in [6.45, 7) is 13.6. The molecule has 0 saturated carbocycles. The Labute approximate surface area is 155 Å². The van der Waals surface area contributed by atoms with Crippen LogP contribution in [-0.2, 0) is 10.8 Å². The Hall–Kier alpha value is -2.48. The van der Waals surface area contributed by atoms with Crippen LogP contribution in [0.5, 0.6) is 0 Å². The van der Waals surface area contributed by atoms with Crippen LogP contribution in [-0.4, -0.2) is 9.97 Å². The summed E-state index contributed by atoms with van der Waals surface area (Å²) in [5.74, 6) is 0. The number of aromatic amines is 2. The zero-order chi connectivity index (χ0) is 18.7. The third-order valence-corrected chi connectivity index (χ3v) is 5.29. The highest BCUT2D eigenvalue weighted by Crippen LogP contribution is 2.34. The van der Waals surface area contributed by atoms with Gasteiger partial charge >= 0.3 is 0 Å².